The van der Waals surface area contributed by atoms with E-state index in [1.165, 1.54) is 57.3 Å². The molecule has 222 valence electrons. The number of rotatable bonds is 9. The summed E-state index contributed by atoms with van der Waals surface area (Å²) in [5.41, 5.74) is 2.24. The van der Waals surface area contributed by atoms with Crippen LogP contribution in [0.1, 0.15) is 10.4 Å². The molecule has 12 nitrogen and oxygen atoms in total. The van der Waals surface area contributed by atoms with Crippen molar-refractivity contribution in [3.05, 3.63) is 72.9 Å². The number of hydrogen-bond acceptors (Lipinski definition) is 10. The molecule has 0 aliphatic rings. The maximum absolute atomic E-state index is 13.1. The molecule has 2 aromatic carbocycles. The smallest absolute Gasteiger partial charge is 0.480 e. The number of benzene rings is 2. The number of ether oxygens (including phenoxy) is 2. The molecule has 0 fully saturated rings. The van der Waals surface area contributed by atoms with E-state index < -0.39 is 27.1 Å². The van der Waals surface area contributed by atoms with E-state index >= 15 is 0 Å². The van der Waals surface area contributed by atoms with Crippen LogP contribution in [0, 0.1) is 0 Å². The normalized spacial score (nSPS) is 11.7. The van der Waals surface area contributed by atoms with Crippen LogP contribution in [0.15, 0.2) is 71.8 Å². The number of anilines is 3. The van der Waals surface area contributed by atoms with Crippen molar-refractivity contribution in [1.82, 2.24) is 15.0 Å². The van der Waals surface area contributed by atoms with Gasteiger partial charge in [-0.2, -0.15) is 26.6 Å². The molecule has 3 heterocycles. The van der Waals surface area contributed by atoms with Crippen LogP contribution in [-0.4, -0.2) is 49.0 Å². The van der Waals surface area contributed by atoms with Crippen molar-refractivity contribution in [2.24, 2.45) is 5.73 Å². The minimum atomic E-state index is -5.74. The topological polar surface area (TPSA) is 172 Å². The zero-order valence-electron chi connectivity index (χ0n) is 22.3. The zero-order valence-corrected chi connectivity index (χ0v) is 23.1. The van der Waals surface area contributed by atoms with Crippen molar-refractivity contribution in [2.45, 2.75) is 5.51 Å². The number of sulfonamides is 1. The first-order valence-corrected chi connectivity index (χ1v) is 13.6. The first kappa shape index (κ1) is 29.1. The van der Waals surface area contributed by atoms with Crippen LogP contribution in [0.4, 0.5) is 30.2 Å². The highest BCUT2D eigenvalue weighted by Gasteiger charge is 2.46. The van der Waals surface area contributed by atoms with E-state index in [0.29, 0.717) is 33.2 Å². The highest BCUT2D eigenvalue weighted by Crippen LogP contribution is 2.37. The number of carbonyl (C=O) groups is 1. The van der Waals surface area contributed by atoms with Crippen molar-refractivity contribution in [3.8, 4) is 34.1 Å². The molecule has 0 saturated carbocycles. The number of hydrogen-bond donors (Lipinski definition) is 3. The van der Waals surface area contributed by atoms with Crippen LogP contribution in [0.25, 0.3) is 33.2 Å². The lowest BCUT2D eigenvalue weighted by atomic mass is 10.0. The molecule has 0 radical (unpaired) electrons. The molecule has 16 heteroatoms. The van der Waals surface area contributed by atoms with Gasteiger partial charge in [0.2, 0.25) is 5.88 Å². The fourth-order valence-corrected chi connectivity index (χ4v) is 4.74. The summed E-state index contributed by atoms with van der Waals surface area (Å²) in [5.74, 6) is -0.599. The number of fused-ring (bicyclic) bond motifs is 1. The molecule has 5 rings (SSSR count). The number of aromatic nitrogens is 3. The predicted molar refractivity (Wildman–Crippen MR) is 150 cm³/mol. The van der Waals surface area contributed by atoms with Gasteiger partial charge in [-0.25, -0.2) is 4.98 Å². The number of nitrogens with two attached hydrogens (primary N) is 1. The maximum atomic E-state index is 13.1. The van der Waals surface area contributed by atoms with Gasteiger partial charge in [-0.15, -0.1) is 0 Å². The van der Waals surface area contributed by atoms with Gasteiger partial charge in [0.05, 0.1) is 54.8 Å². The van der Waals surface area contributed by atoms with Crippen LogP contribution in [0.5, 0.6) is 11.9 Å². The van der Waals surface area contributed by atoms with Crippen LogP contribution < -0.4 is 25.2 Å². The third-order valence-electron chi connectivity index (χ3n) is 6.17. The second-order valence-corrected chi connectivity index (χ2v) is 10.6. The predicted octanol–water partition coefficient (Wildman–Crippen LogP) is 5.07. The van der Waals surface area contributed by atoms with Gasteiger partial charge in [-0.05, 0) is 41.5 Å². The molecule has 3 aromatic heterocycles. The number of furan rings is 1. The Balaban J connectivity index is 1.63. The summed E-state index contributed by atoms with van der Waals surface area (Å²) in [4.78, 5) is 25.0. The monoisotopic (exact) mass is 614 g/mol. The summed E-state index contributed by atoms with van der Waals surface area (Å²) in [6.45, 7) is 0. The van der Waals surface area contributed by atoms with Crippen LogP contribution in [0.2, 0.25) is 0 Å². The number of methoxy groups -OCH3 is 2. The average molecular weight is 615 g/mol. The molecular weight excluding hydrogens is 593 g/mol. The third-order valence-corrected chi connectivity index (χ3v) is 7.28. The van der Waals surface area contributed by atoms with E-state index in [0.717, 1.165) is 6.07 Å². The molecule has 0 aliphatic carbocycles. The number of pyridine rings is 1. The van der Waals surface area contributed by atoms with Crippen molar-refractivity contribution in [3.63, 3.8) is 0 Å². The lowest BCUT2D eigenvalue weighted by Gasteiger charge is -2.17. The van der Waals surface area contributed by atoms with Crippen LogP contribution in [0.3, 0.4) is 0 Å². The van der Waals surface area contributed by atoms with Crippen LogP contribution in [-0.2, 0) is 10.0 Å². The molecule has 5 aromatic rings. The van der Waals surface area contributed by atoms with Gasteiger partial charge in [0.1, 0.15) is 0 Å². The Labute approximate surface area is 241 Å². The largest absolute Gasteiger partial charge is 0.516 e. The number of halogens is 3. The van der Waals surface area contributed by atoms with Gasteiger partial charge >= 0.3 is 21.5 Å². The van der Waals surface area contributed by atoms with Gasteiger partial charge < -0.3 is 24.9 Å². The van der Waals surface area contributed by atoms with Crippen molar-refractivity contribution in [1.29, 1.82) is 0 Å². The second kappa shape index (κ2) is 11.1. The minimum Gasteiger partial charge on any atom is -0.480 e. The number of primary amides is 1. The van der Waals surface area contributed by atoms with Gasteiger partial charge in [0.15, 0.2) is 0 Å². The van der Waals surface area contributed by atoms with E-state index in [1.54, 1.807) is 22.9 Å². The summed E-state index contributed by atoms with van der Waals surface area (Å²) in [5, 5.41) is 3.42. The van der Waals surface area contributed by atoms with E-state index in [4.69, 9.17) is 19.6 Å². The van der Waals surface area contributed by atoms with Gasteiger partial charge in [-0.1, -0.05) is 12.1 Å². The van der Waals surface area contributed by atoms with Gasteiger partial charge in [0.25, 0.3) is 5.91 Å². The number of nitrogens with one attached hydrogen (secondary N) is 2. The number of amides is 1. The lowest BCUT2D eigenvalue weighted by molar-refractivity contribution is -0.0429. The number of nitrogens with zero attached hydrogens (tertiary/aromatic N) is 3. The van der Waals surface area contributed by atoms with E-state index in [2.05, 4.69) is 20.3 Å². The number of alkyl halides is 3. The van der Waals surface area contributed by atoms with E-state index in [1.807, 2.05) is 0 Å². The Morgan fingerprint density at radius 3 is 2.37 bits per heavy atom. The Bertz CT molecular complexity index is 1950. The maximum Gasteiger partial charge on any atom is 0.516 e. The number of carbonyl (C=O) groups excluding carboxylic acids is 1. The molecule has 0 bridgehead atoms. The van der Waals surface area contributed by atoms with Gasteiger partial charge in [0, 0.05) is 29.0 Å². The molecule has 4 N–H and O–H groups in total. The first-order chi connectivity index (χ1) is 20.4. The Hall–Kier alpha value is -5.38. The SMILES string of the molecule is COc1ncc(-c2ccc3c(Nc4cc(NS(=O)(=O)C(F)(F)F)cc(-c5ccoc5)c4)c(C(N)=O)cnc3c2)c(OC)n1. The van der Waals surface area contributed by atoms with Gasteiger partial charge in [-0.3, -0.25) is 14.5 Å². The Morgan fingerprint density at radius 1 is 0.953 bits per heavy atom. The molecule has 0 spiro atoms. The fourth-order valence-electron chi connectivity index (χ4n) is 4.20. The third kappa shape index (κ3) is 5.85. The lowest BCUT2D eigenvalue weighted by Crippen LogP contribution is -2.29. The highest BCUT2D eigenvalue weighted by atomic mass is 32.2. The van der Waals surface area contributed by atoms with Crippen molar-refractivity contribution >= 4 is 43.9 Å². The highest BCUT2D eigenvalue weighted by molar-refractivity contribution is 7.93. The van der Waals surface area contributed by atoms with E-state index in [-0.39, 0.29) is 28.8 Å². The minimum absolute atomic E-state index is 0.0308. The Kier molecular flexibility index (Phi) is 7.54. The molecule has 0 unspecified atom stereocenters. The first-order valence-electron chi connectivity index (χ1n) is 12.1. The molecule has 0 aliphatic heterocycles. The molecular formula is C27H21F3N6O6S. The van der Waals surface area contributed by atoms with E-state index in [9.17, 15) is 26.4 Å². The summed E-state index contributed by atoms with van der Waals surface area (Å²) in [7, 11) is -2.89. The second-order valence-electron chi connectivity index (χ2n) is 8.91. The molecule has 1 amide bonds. The van der Waals surface area contributed by atoms with Crippen molar-refractivity contribution in [2.75, 3.05) is 24.3 Å². The molecule has 0 atom stereocenters. The Morgan fingerprint density at radius 2 is 1.72 bits per heavy atom. The quantitative estimate of drug-likeness (QED) is 0.203. The standard InChI is InChI=1S/C27H21F3N6O6S/c1-40-25-20(11-33-26(35-25)41-2)14-3-4-19-22(9-14)32-12-21(24(31)37)23(19)34-17-7-16(15-5-6-42-13-15)8-18(10-17)36-43(38,39)27(28,29)30/h3-13,36H,1-2H3,(H2,31,37)(H,32,34). The van der Waals surface area contributed by atoms with Crippen molar-refractivity contribution < 1.29 is 40.3 Å². The fraction of sp³-hybridized carbons (Fsp3) is 0.111. The molecule has 0 saturated heterocycles. The summed E-state index contributed by atoms with van der Waals surface area (Å²) >= 11 is 0. The average Bonchev–Trinajstić information content (AvgIpc) is 3.51. The summed E-state index contributed by atoms with van der Waals surface area (Å²) < 4.78 is 80.2. The zero-order chi connectivity index (χ0) is 30.9. The molecule has 43 heavy (non-hydrogen) atoms. The van der Waals surface area contributed by atoms with Crippen LogP contribution >= 0.6 is 0 Å². The summed E-state index contributed by atoms with van der Waals surface area (Å²) in [6.07, 6.45) is 5.42. The summed E-state index contributed by atoms with van der Waals surface area (Å²) in [6, 6.07) is 10.5.